The Bertz CT molecular complexity index is 520. The van der Waals surface area contributed by atoms with Gasteiger partial charge in [0.2, 0.25) is 10.0 Å². The van der Waals surface area contributed by atoms with E-state index >= 15 is 0 Å². The summed E-state index contributed by atoms with van der Waals surface area (Å²) in [7, 11) is -3.24. The van der Waals surface area contributed by atoms with E-state index in [-0.39, 0.29) is 6.67 Å². The van der Waals surface area contributed by atoms with E-state index in [1.165, 1.54) is 10.6 Å². The molecule has 1 aromatic carbocycles. The molecule has 0 N–H and O–H groups in total. The smallest absolute Gasteiger partial charge is 0.233 e. The highest BCUT2D eigenvalue weighted by molar-refractivity contribution is 7.92. The summed E-state index contributed by atoms with van der Waals surface area (Å²) in [6.07, 6.45) is 2.92. The fourth-order valence-electron chi connectivity index (χ4n) is 1.62. The molecule has 1 aliphatic rings. The molecule has 2 rings (SSSR count). The van der Waals surface area contributed by atoms with Crippen molar-refractivity contribution in [2.24, 2.45) is 4.99 Å². The van der Waals surface area contributed by atoms with Crippen LogP contribution in [0.1, 0.15) is 11.1 Å². The van der Waals surface area contributed by atoms with Gasteiger partial charge in [0.15, 0.2) is 0 Å². The Morgan fingerprint density at radius 2 is 2.13 bits per heavy atom. The van der Waals surface area contributed by atoms with E-state index in [1.54, 1.807) is 12.3 Å². The highest BCUT2D eigenvalue weighted by Gasteiger charge is 2.22. The van der Waals surface area contributed by atoms with Gasteiger partial charge in [0.1, 0.15) is 6.67 Å². The number of aliphatic imine (C=N–C) groups is 1. The van der Waals surface area contributed by atoms with E-state index in [0.717, 1.165) is 11.1 Å². The van der Waals surface area contributed by atoms with E-state index < -0.39 is 10.0 Å². The third-order valence-electron chi connectivity index (χ3n) is 2.40. The van der Waals surface area contributed by atoms with Gasteiger partial charge >= 0.3 is 0 Å². The van der Waals surface area contributed by atoms with Crippen LogP contribution in [-0.2, 0) is 10.0 Å². The Hall–Kier alpha value is -1.36. The molecular formula is C10H12N2O2S. The SMILES string of the molecule is Cc1cccc2c1C=NCN2S(C)(=O)=O. The first-order chi connectivity index (χ1) is 7.00. The van der Waals surface area contributed by atoms with Crippen LogP contribution in [0.25, 0.3) is 0 Å². The second kappa shape index (κ2) is 3.34. The number of benzene rings is 1. The minimum Gasteiger partial charge on any atom is -0.270 e. The summed E-state index contributed by atoms with van der Waals surface area (Å²) in [6, 6.07) is 5.59. The summed E-state index contributed by atoms with van der Waals surface area (Å²) in [6.45, 7) is 2.12. The molecule has 1 heterocycles. The molecular weight excluding hydrogens is 212 g/mol. The molecule has 15 heavy (non-hydrogen) atoms. The molecule has 0 fully saturated rings. The maximum Gasteiger partial charge on any atom is 0.233 e. The highest BCUT2D eigenvalue weighted by Crippen LogP contribution is 2.26. The Balaban J connectivity index is 2.63. The third kappa shape index (κ3) is 1.74. The van der Waals surface area contributed by atoms with Crippen molar-refractivity contribution in [1.29, 1.82) is 0 Å². The van der Waals surface area contributed by atoms with Crippen LogP contribution in [0.2, 0.25) is 0 Å². The average molecular weight is 224 g/mol. The lowest BCUT2D eigenvalue weighted by molar-refractivity contribution is 0.597. The Morgan fingerprint density at radius 1 is 1.40 bits per heavy atom. The lowest BCUT2D eigenvalue weighted by Crippen LogP contribution is -2.33. The number of rotatable bonds is 1. The minimum atomic E-state index is -3.24. The number of hydrogen-bond acceptors (Lipinski definition) is 3. The van der Waals surface area contributed by atoms with Gasteiger partial charge < -0.3 is 0 Å². The zero-order valence-corrected chi connectivity index (χ0v) is 9.45. The van der Waals surface area contributed by atoms with Crippen molar-refractivity contribution < 1.29 is 8.42 Å². The van der Waals surface area contributed by atoms with Gasteiger partial charge in [0, 0.05) is 11.8 Å². The fourth-order valence-corrected chi connectivity index (χ4v) is 2.41. The van der Waals surface area contributed by atoms with Crippen LogP contribution >= 0.6 is 0 Å². The second-order valence-corrected chi connectivity index (χ2v) is 5.48. The first-order valence-electron chi connectivity index (χ1n) is 4.57. The average Bonchev–Trinajstić information content (AvgIpc) is 2.16. The van der Waals surface area contributed by atoms with Crippen molar-refractivity contribution in [3.8, 4) is 0 Å². The van der Waals surface area contributed by atoms with E-state index in [0.29, 0.717) is 5.69 Å². The van der Waals surface area contributed by atoms with Crippen molar-refractivity contribution in [3.05, 3.63) is 29.3 Å². The molecule has 0 saturated carbocycles. The van der Waals surface area contributed by atoms with Crippen LogP contribution in [0.5, 0.6) is 0 Å². The number of sulfonamides is 1. The second-order valence-electron chi connectivity index (χ2n) is 3.57. The molecule has 4 nitrogen and oxygen atoms in total. The van der Waals surface area contributed by atoms with Crippen LogP contribution in [0.15, 0.2) is 23.2 Å². The van der Waals surface area contributed by atoms with Gasteiger partial charge in [0.25, 0.3) is 0 Å². The standard InChI is InChI=1S/C10H12N2O2S/c1-8-4-3-5-10-9(8)6-11-7-12(10)15(2,13)14/h3-6H,7H2,1-2H3. The lowest BCUT2D eigenvalue weighted by atomic mass is 10.1. The van der Waals surface area contributed by atoms with Crippen LogP contribution in [-0.4, -0.2) is 27.6 Å². The predicted octanol–water partition coefficient (Wildman–Crippen LogP) is 1.15. The molecule has 5 heteroatoms. The Morgan fingerprint density at radius 3 is 2.80 bits per heavy atom. The number of hydrogen-bond donors (Lipinski definition) is 0. The van der Waals surface area contributed by atoms with Crippen molar-refractivity contribution >= 4 is 21.9 Å². The fraction of sp³-hybridized carbons (Fsp3) is 0.300. The number of anilines is 1. The summed E-state index contributed by atoms with van der Waals surface area (Å²) in [5.74, 6) is 0. The molecule has 0 saturated heterocycles. The van der Waals surface area contributed by atoms with Crippen LogP contribution in [0, 0.1) is 6.92 Å². The topological polar surface area (TPSA) is 49.7 Å². The highest BCUT2D eigenvalue weighted by atomic mass is 32.2. The lowest BCUT2D eigenvalue weighted by Gasteiger charge is -2.25. The monoisotopic (exact) mass is 224 g/mol. The molecule has 0 aromatic heterocycles. The first-order valence-corrected chi connectivity index (χ1v) is 6.42. The molecule has 0 radical (unpaired) electrons. The predicted molar refractivity (Wildman–Crippen MR) is 61.0 cm³/mol. The van der Waals surface area contributed by atoms with Gasteiger partial charge in [-0.3, -0.25) is 4.99 Å². The van der Waals surface area contributed by atoms with Crippen molar-refractivity contribution in [2.75, 3.05) is 17.2 Å². The van der Waals surface area contributed by atoms with Gasteiger partial charge in [-0.2, -0.15) is 0 Å². The zero-order valence-electron chi connectivity index (χ0n) is 8.64. The van der Waals surface area contributed by atoms with Crippen LogP contribution < -0.4 is 4.31 Å². The number of nitrogens with zero attached hydrogens (tertiary/aromatic N) is 2. The maximum atomic E-state index is 11.5. The van der Waals surface area contributed by atoms with Gasteiger partial charge in [-0.1, -0.05) is 12.1 Å². The molecule has 0 aliphatic carbocycles. The summed E-state index contributed by atoms with van der Waals surface area (Å²) >= 11 is 0. The molecule has 0 spiro atoms. The van der Waals surface area contributed by atoms with E-state index in [2.05, 4.69) is 4.99 Å². The van der Waals surface area contributed by atoms with Crippen molar-refractivity contribution in [2.45, 2.75) is 6.92 Å². The third-order valence-corrected chi connectivity index (χ3v) is 3.51. The largest absolute Gasteiger partial charge is 0.270 e. The van der Waals surface area contributed by atoms with Crippen molar-refractivity contribution in [3.63, 3.8) is 0 Å². The van der Waals surface area contributed by atoms with Crippen molar-refractivity contribution in [1.82, 2.24) is 0 Å². The quantitative estimate of drug-likeness (QED) is 0.718. The molecule has 1 aromatic rings. The van der Waals surface area contributed by atoms with Gasteiger partial charge in [0.05, 0.1) is 11.9 Å². The number of fused-ring (bicyclic) bond motifs is 1. The molecule has 0 amide bonds. The maximum absolute atomic E-state index is 11.5. The van der Waals surface area contributed by atoms with Crippen LogP contribution in [0.4, 0.5) is 5.69 Å². The summed E-state index contributed by atoms with van der Waals surface area (Å²) in [4.78, 5) is 4.05. The van der Waals surface area contributed by atoms with E-state index in [9.17, 15) is 8.42 Å². The minimum absolute atomic E-state index is 0.176. The molecule has 80 valence electrons. The van der Waals surface area contributed by atoms with Gasteiger partial charge in [-0.25, -0.2) is 12.7 Å². The Labute approximate surface area is 89.3 Å². The first kappa shape index (κ1) is 10.2. The summed E-state index contributed by atoms with van der Waals surface area (Å²) in [5.41, 5.74) is 2.63. The summed E-state index contributed by atoms with van der Waals surface area (Å²) < 4.78 is 24.3. The normalized spacial score (nSPS) is 15.2. The number of aryl methyl sites for hydroxylation is 1. The van der Waals surface area contributed by atoms with Gasteiger partial charge in [-0.05, 0) is 18.6 Å². The Kier molecular flexibility index (Phi) is 2.26. The molecule has 1 aliphatic heterocycles. The van der Waals surface area contributed by atoms with Crippen LogP contribution in [0.3, 0.4) is 0 Å². The van der Waals surface area contributed by atoms with E-state index in [4.69, 9.17) is 0 Å². The van der Waals surface area contributed by atoms with E-state index in [1.807, 2.05) is 19.1 Å². The van der Waals surface area contributed by atoms with Gasteiger partial charge in [-0.15, -0.1) is 0 Å². The molecule has 0 atom stereocenters. The summed E-state index contributed by atoms with van der Waals surface area (Å²) in [5, 5.41) is 0. The zero-order chi connectivity index (χ0) is 11.1. The molecule has 0 unspecified atom stereocenters. The molecule has 0 bridgehead atoms.